The van der Waals surface area contributed by atoms with Crippen molar-refractivity contribution in [1.29, 1.82) is 0 Å². The molecule has 3 nitrogen and oxygen atoms in total. The third-order valence-corrected chi connectivity index (χ3v) is 6.70. The second-order valence-electron chi connectivity index (χ2n) is 8.26. The molecule has 2 aliphatic heterocycles. The number of hydrogen-bond donors (Lipinski definition) is 0. The number of ether oxygens (including phenoxy) is 1. The first-order valence-corrected chi connectivity index (χ1v) is 10.6. The van der Waals surface area contributed by atoms with E-state index < -0.39 is 0 Å². The predicted molar refractivity (Wildman–Crippen MR) is 116 cm³/mol. The first kappa shape index (κ1) is 19.7. The molecule has 2 fully saturated rings. The van der Waals surface area contributed by atoms with Gasteiger partial charge in [0.05, 0.1) is 13.0 Å². The molecule has 0 amide bonds. The van der Waals surface area contributed by atoms with Crippen molar-refractivity contribution in [3.63, 3.8) is 0 Å². The Morgan fingerprint density at radius 3 is 2.59 bits per heavy atom. The molecule has 2 aliphatic rings. The molecule has 0 radical (unpaired) electrons. The predicted octanol–water partition coefficient (Wildman–Crippen LogP) is 4.41. The van der Waals surface area contributed by atoms with Gasteiger partial charge in [-0.15, -0.1) is 0 Å². The number of esters is 1. The van der Waals surface area contributed by atoms with Gasteiger partial charge in [-0.05, 0) is 56.0 Å². The molecule has 2 heterocycles. The van der Waals surface area contributed by atoms with Crippen LogP contribution in [0, 0.1) is 17.8 Å². The molecule has 4 atom stereocenters. The van der Waals surface area contributed by atoms with Crippen LogP contribution in [0.3, 0.4) is 0 Å². The van der Waals surface area contributed by atoms with Gasteiger partial charge < -0.3 is 4.74 Å². The van der Waals surface area contributed by atoms with Gasteiger partial charge in [-0.2, -0.15) is 0 Å². The van der Waals surface area contributed by atoms with E-state index in [0.29, 0.717) is 12.1 Å². The number of rotatable bonds is 4. The van der Waals surface area contributed by atoms with Crippen molar-refractivity contribution in [3.8, 4) is 11.8 Å². The molecule has 0 spiro atoms. The molecule has 2 unspecified atom stereocenters. The summed E-state index contributed by atoms with van der Waals surface area (Å²) in [5.74, 6) is 6.64. The molecule has 29 heavy (non-hydrogen) atoms. The summed E-state index contributed by atoms with van der Waals surface area (Å²) in [6, 6.07) is 19.8. The first-order valence-electron chi connectivity index (χ1n) is 10.6. The lowest BCUT2D eigenvalue weighted by Crippen LogP contribution is -2.49. The van der Waals surface area contributed by atoms with E-state index in [9.17, 15) is 4.79 Å². The summed E-state index contributed by atoms with van der Waals surface area (Å²) >= 11 is 0. The monoisotopic (exact) mass is 387 g/mol. The van der Waals surface area contributed by atoms with Crippen molar-refractivity contribution in [2.24, 2.45) is 5.92 Å². The van der Waals surface area contributed by atoms with Crippen LogP contribution in [0.2, 0.25) is 0 Å². The highest BCUT2D eigenvalue weighted by Gasteiger charge is 2.49. The Morgan fingerprint density at radius 2 is 1.86 bits per heavy atom. The van der Waals surface area contributed by atoms with Crippen LogP contribution < -0.4 is 0 Å². The Morgan fingerprint density at radius 1 is 1.10 bits per heavy atom. The molecule has 3 heteroatoms. The topological polar surface area (TPSA) is 29.5 Å². The fourth-order valence-corrected chi connectivity index (χ4v) is 5.10. The summed E-state index contributed by atoms with van der Waals surface area (Å²) in [5.41, 5.74) is 3.59. The molecule has 0 saturated carbocycles. The number of piperidine rings is 1. The van der Waals surface area contributed by atoms with Gasteiger partial charge in [-0.3, -0.25) is 9.69 Å². The zero-order valence-electron chi connectivity index (χ0n) is 17.3. The third-order valence-electron chi connectivity index (χ3n) is 6.70. The molecule has 2 saturated heterocycles. The lowest BCUT2D eigenvalue weighted by atomic mass is 9.76. The number of hydrogen-bond acceptors (Lipinski definition) is 3. The quantitative estimate of drug-likeness (QED) is 0.575. The van der Waals surface area contributed by atoms with Crippen molar-refractivity contribution >= 4 is 5.97 Å². The van der Waals surface area contributed by atoms with Crippen molar-refractivity contribution in [2.75, 3.05) is 14.2 Å². The van der Waals surface area contributed by atoms with E-state index in [1.165, 1.54) is 24.7 Å². The standard InChI is InChI=1S/C26H29NO2/c1-27-22-16-17-24(27)25(26(28)29-2)23(18-22)21-14-12-20(13-15-21)11-7-6-10-19-8-4-3-5-9-19/h3-5,8-9,12-15,22-25H,6,10,16-18H2,1-2H3/t22?,23-,24-,25?/m1/s1. The maximum atomic E-state index is 12.6. The molecular weight excluding hydrogens is 358 g/mol. The number of nitrogens with zero attached hydrogens (tertiary/aromatic N) is 1. The lowest BCUT2D eigenvalue weighted by Gasteiger charge is -2.41. The van der Waals surface area contributed by atoms with Crippen LogP contribution in [0.5, 0.6) is 0 Å². The highest BCUT2D eigenvalue weighted by atomic mass is 16.5. The van der Waals surface area contributed by atoms with E-state index >= 15 is 0 Å². The van der Waals surface area contributed by atoms with Gasteiger partial charge in [0, 0.05) is 30.0 Å². The molecular formula is C26H29NO2. The van der Waals surface area contributed by atoms with Gasteiger partial charge in [-0.25, -0.2) is 0 Å². The van der Waals surface area contributed by atoms with Crippen molar-refractivity contribution < 1.29 is 9.53 Å². The van der Waals surface area contributed by atoms with Crippen LogP contribution >= 0.6 is 0 Å². The SMILES string of the molecule is COC(=O)C1[C@@H](c2ccc(C#CCCc3ccccc3)cc2)CC2CC[C@H]1N2C. The Bertz CT molecular complexity index is 894. The number of fused-ring (bicyclic) bond motifs is 2. The number of carbonyl (C=O) groups is 1. The van der Waals surface area contributed by atoms with Crippen LogP contribution in [-0.2, 0) is 16.0 Å². The second-order valence-corrected chi connectivity index (χ2v) is 8.26. The average molecular weight is 388 g/mol. The summed E-state index contributed by atoms with van der Waals surface area (Å²) < 4.78 is 5.18. The average Bonchev–Trinajstić information content (AvgIpc) is 2.99. The minimum Gasteiger partial charge on any atom is -0.469 e. The summed E-state index contributed by atoms with van der Waals surface area (Å²) in [6.07, 6.45) is 5.12. The molecule has 2 bridgehead atoms. The van der Waals surface area contributed by atoms with Crippen LogP contribution in [0.15, 0.2) is 54.6 Å². The van der Waals surface area contributed by atoms with Gasteiger partial charge in [0.25, 0.3) is 0 Å². The fourth-order valence-electron chi connectivity index (χ4n) is 5.10. The molecule has 150 valence electrons. The summed E-state index contributed by atoms with van der Waals surface area (Å²) in [7, 11) is 3.66. The van der Waals surface area contributed by atoms with Gasteiger partial charge in [-0.1, -0.05) is 54.3 Å². The van der Waals surface area contributed by atoms with Crippen LogP contribution in [0.4, 0.5) is 0 Å². The number of carbonyl (C=O) groups excluding carboxylic acids is 1. The molecule has 2 aromatic carbocycles. The van der Waals surface area contributed by atoms with E-state index in [4.69, 9.17) is 4.74 Å². The highest BCUT2D eigenvalue weighted by Crippen LogP contribution is 2.46. The van der Waals surface area contributed by atoms with E-state index in [1.807, 2.05) is 6.07 Å². The second kappa shape index (κ2) is 8.84. The first-order chi connectivity index (χ1) is 14.2. The summed E-state index contributed by atoms with van der Waals surface area (Å²) in [6.45, 7) is 0. The molecule has 0 aromatic heterocycles. The van der Waals surface area contributed by atoms with E-state index in [-0.39, 0.29) is 17.8 Å². The highest BCUT2D eigenvalue weighted by molar-refractivity contribution is 5.75. The largest absolute Gasteiger partial charge is 0.469 e. The Balaban J connectivity index is 1.44. The summed E-state index contributed by atoms with van der Waals surface area (Å²) in [5, 5.41) is 0. The minimum atomic E-state index is -0.0773. The number of benzene rings is 2. The van der Waals surface area contributed by atoms with Crippen LogP contribution in [0.1, 0.15) is 48.3 Å². The van der Waals surface area contributed by atoms with Gasteiger partial charge in [0.2, 0.25) is 0 Å². The van der Waals surface area contributed by atoms with Crippen molar-refractivity contribution in [1.82, 2.24) is 4.90 Å². The zero-order chi connectivity index (χ0) is 20.2. The van der Waals surface area contributed by atoms with Crippen molar-refractivity contribution in [3.05, 3.63) is 71.3 Å². The van der Waals surface area contributed by atoms with Crippen LogP contribution in [-0.4, -0.2) is 37.1 Å². The Labute approximate surface area is 174 Å². The smallest absolute Gasteiger partial charge is 0.310 e. The van der Waals surface area contributed by atoms with Gasteiger partial charge in [0.1, 0.15) is 0 Å². The van der Waals surface area contributed by atoms with Crippen LogP contribution in [0.25, 0.3) is 0 Å². The maximum absolute atomic E-state index is 12.6. The normalized spacial score (nSPS) is 25.9. The van der Waals surface area contributed by atoms with E-state index in [1.54, 1.807) is 0 Å². The Kier molecular flexibility index (Phi) is 6.02. The van der Waals surface area contributed by atoms with Gasteiger partial charge >= 0.3 is 5.97 Å². The number of aryl methyl sites for hydroxylation is 1. The van der Waals surface area contributed by atoms with Gasteiger partial charge in [0.15, 0.2) is 0 Å². The third kappa shape index (κ3) is 4.23. The van der Waals surface area contributed by atoms with Crippen molar-refractivity contribution in [2.45, 2.75) is 50.1 Å². The van der Waals surface area contributed by atoms with E-state index in [2.05, 4.69) is 72.3 Å². The minimum absolute atomic E-state index is 0.0722. The Hall–Kier alpha value is -2.57. The zero-order valence-corrected chi connectivity index (χ0v) is 17.3. The summed E-state index contributed by atoms with van der Waals surface area (Å²) in [4.78, 5) is 15.0. The molecule has 4 rings (SSSR count). The molecule has 0 aliphatic carbocycles. The fraction of sp³-hybridized carbons (Fsp3) is 0.423. The van der Waals surface area contributed by atoms with E-state index in [0.717, 1.165) is 31.2 Å². The lowest BCUT2D eigenvalue weighted by molar-refractivity contribution is -0.150. The molecule has 0 N–H and O–H groups in total. The number of methoxy groups -OCH3 is 1. The molecule has 2 aromatic rings. The maximum Gasteiger partial charge on any atom is 0.310 e.